The number of carbonyl (C=O) groups is 6. The molecule has 0 unspecified atom stereocenters. The molecule has 0 saturated heterocycles. The van der Waals surface area contributed by atoms with Crippen molar-refractivity contribution in [3.05, 3.63) is 95.1 Å². The highest BCUT2D eigenvalue weighted by Crippen LogP contribution is 2.37. The summed E-state index contributed by atoms with van der Waals surface area (Å²) in [6.45, 7) is 13.2. The Kier molecular flexibility index (Phi) is 20.1. The minimum absolute atomic E-state index is 0.192. The van der Waals surface area contributed by atoms with Gasteiger partial charge in [-0.05, 0) is 108 Å². The van der Waals surface area contributed by atoms with Gasteiger partial charge in [0.15, 0.2) is 0 Å². The van der Waals surface area contributed by atoms with Crippen molar-refractivity contribution < 1.29 is 52.8 Å². The van der Waals surface area contributed by atoms with Crippen molar-refractivity contribution in [2.24, 2.45) is 17.3 Å². The number of esters is 2. The maximum absolute atomic E-state index is 14.5. The summed E-state index contributed by atoms with van der Waals surface area (Å²) in [5.41, 5.74) is 1.82. The van der Waals surface area contributed by atoms with Gasteiger partial charge >= 0.3 is 18.1 Å². The molecule has 0 saturated carbocycles. The summed E-state index contributed by atoms with van der Waals surface area (Å²) in [5, 5.41) is 12.5. The lowest BCUT2D eigenvalue weighted by Gasteiger charge is -2.37. The second-order valence-electron chi connectivity index (χ2n) is 18.5. The number of aliphatic hydroxyl groups is 1. The van der Waals surface area contributed by atoms with E-state index in [1.165, 1.54) is 17.1 Å². The normalized spacial score (nSPS) is 22.6. The van der Waals surface area contributed by atoms with Crippen LogP contribution in [0.25, 0.3) is 10.2 Å². The summed E-state index contributed by atoms with van der Waals surface area (Å²) >= 11 is 1.58. The quantitative estimate of drug-likeness (QED) is 0.0421. The first kappa shape index (κ1) is 52.5. The van der Waals surface area contributed by atoms with Crippen LogP contribution in [0.15, 0.2) is 78.9 Å². The molecule has 362 valence electrons. The molecule has 2 aromatic carbocycles. The van der Waals surface area contributed by atoms with Crippen LogP contribution < -0.4 is 4.74 Å². The third-order valence-electron chi connectivity index (χ3n) is 12.8. The number of allylic oxidation sites excluding steroid dienone is 2. The Morgan fingerprint density at radius 3 is 2.31 bits per heavy atom. The SMILES string of the molecule is C=CC[C@H]1C(=O)C(C)(C)[C@@H](OC(=O)OCc2ccc(OC(=O)CCCCCCCCCCN3C(=O)C=CC3=O)cc2)CC(=O)O[C@H](c2ccc3sc(C)nc3c2)C/C=C(\C)CCC[C@H](C)[C@@H]1O. The molecule has 2 aliphatic rings. The fourth-order valence-corrected chi connectivity index (χ4v) is 9.40. The summed E-state index contributed by atoms with van der Waals surface area (Å²) < 4.78 is 24.1. The van der Waals surface area contributed by atoms with Crippen LogP contribution in [0, 0.1) is 24.2 Å². The van der Waals surface area contributed by atoms with Crippen molar-refractivity contribution in [3.63, 3.8) is 0 Å². The van der Waals surface area contributed by atoms with Crippen LogP contribution in [0.4, 0.5) is 4.79 Å². The molecular weight excluding hydrogens is 873 g/mol. The highest BCUT2D eigenvalue weighted by molar-refractivity contribution is 7.18. The topological polar surface area (TPSA) is 176 Å². The number of aryl methyl sites for hydroxylation is 1. The molecule has 5 rings (SSSR count). The molecule has 14 heteroatoms. The number of aromatic nitrogens is 1. The number of ether oxygens (including phenoxy) is 4. The van der Waals surface area contributed by atoms with Crippen LogP contribution in [0.2, 0.25) is 0 Å². The zero-order valence-electron chi connectivity index (χ0n) is 39.8. The fourth-order valence-electron chi connectivity index (χ4n) is 8.59. The molecule has 2 aliphatic heterocycles. The van der Waals surface area contributed by atoms with E-state index in [4.69, 9.17) is 18.9 Å². The minimum Gasteiger partial charge on any atom is -0.457 e. The minimum atomic E-state index is -1.46. The summed E-state index contributed by atoms with van der Waals surface area (Å²) in [4.78, 5) is 83.6. The number of cyclic esters (lactones) is 1. The van der Waals surface area contributed by atoms with E-state index >= 15 is 0 Å². The molecule has 0 fully saturated rings. The molecule has 13 nitrogen and oxygen atoms in total. The van der Waals surface area contributed by atoms with Gasteiger partial charge in [0.2, 0.25) is 0 Å². The Balaban J connectivity index is 1.15. The van der Waals surface area contributed by atoms with Crippen LogP contribution in [-0.4, -0.2) is 69.4 Å². The first-order valence-corrected chi connectivity index (χ1v) is 24.6. The number of aliphatic hydroxyl groups excluding tert-OH is 1. The molecule has 3 aromatic rings. The van der Waals surface area contributed by atoms with E-state index < -0.39 is 48.2 Å². The van der Waals surface area contributed by atoms with E-state index in [-0.39, 0.29) is 48.9 Å². The molecule has 1 N–H and O–H groups in total. The van der Waals surface area contributed by atoms with Crippen LogP contribution >= 0.6 is 11.3 Å². The third-order valence-corrected chi connectivity index (χ3v) is 13.7. The van der Waals surface area contributed by atoms with Crippen LogP contribution in [0.3, 0.4) is 0 Å². The van der Waals surface area contributed by atoms with Gasteiger partial charge in [0, 0.05) is 37.5 Å². The number of hydrogen-bond donors (Lipinski definition) is 1. The standard InChI is InChI=1S/C53H68N2O11S/c1-7-17-41-50(60)36(3)19-16-18-35(2)21-27-43(39-24-28-44-42(32-39)54-37(4)67-44)65-49(59)33-45(53(5,6)51(41)61)66-52(62)63-34-38-22-25-40(26-23-38)64-48(58)20-14-12-10-8-9-11-13-15-31-55-46(56)29-30-47(55)57/h7,21-26,28-30,32,36,41,43,45,50,60H,1,8-20,27,31,33-34H2,2-6H3/b35-21+/t36-,41+,43-,45-,50-/m0/s1. The van der Waals surface area contributed by atoms with Crippen molar-refractivity contribution in [1.82, 2.24) is 9.88 Å². The molecule has 1 aromatic heterocycles. The summed E-state index contributed by atoms with van der Waals surface area (Å²) in [6, 6.07) is 12.4. The number of unbranched alkanes of at least 4 members (excludes halogenated alkanes) is 7. The number of carbonyl (C=O) groups excluding carboxylic acids is 6. The third kappa shape index (κ3) is 15.8. The predicted octanol–water partition coefficient (Wildman–Crippen LogP) is 10.9. The maximum atomic E-state index is 14.5. The van der Waals surface area contributed by atoms with E-state index in [0.717, 1.165) is 84.1 Å². The summed E-state index contributed by atoms with van der Waals surface area (Å²) in [5.74, 6) is -2.59. The summed E-state index contributed by atoms with van der Waals surface area (Å²) in [6.07, 6.45) is 12.3. The Labute approximate surface area is 399 Å². The van der Waals surface area contributed by atoms with Crippen LogP contribution in [0.1, 0.15) is 146 Å². The number of ketones is 1. The zero-order chi connectivity index (χ0) is 48.5. The van der Waals surface area contributed by atoms with E-state index in [1.54, 1.807) is 55.5 Å². The Hall–Kier alpha value is -5.47. The van der Waals surface area contributed by atoms with E-state index in [2.05, 4.69) is 17.6 Å². The summed E-state index contributed by atoms with van der Waals surface area (Å²) in [7, 11) is 0. The number of benzene rings is 2. The molecule has 67 heavy (non-hydrogen) atoms. The number of thiazole rings is 1. The van der Waals surface area contributed by atoms with Crippen molar-refractivity contribution in [2.75, 3.05) is 6.54 Å². The molecule has 0 spiro atoms. The van der Waals surface area contributed by atoms with Crippen molar-refractivity contribution in [1.29, 1.82) is 0 Å². The highest BCUT2D eigenvalue weighted by atomic mass is 32.1. The number of imide groups is 1. The van der Waals surface area contributed by atoms with Gasteiger partial charge in [-0.15, -0.1) is 17.9 Å². The van der Waals surface area contributed by atoms with Crippen LogP contribution in [0.5, 0.6) is 5.75 Å². The number of amides is 2. The second-order valence-corrected chi connectivity index (χ2v) is 19.7. The molecule has 0 radical (unpaired) electrons. The lowest BCUT2D eigenvalue weighted by molar-refractivity contribution is -0.157. The van der Waals surface area contributed by atoms with Gasteiger partial charge in [-0.3, -0.25) is 28.9 Å². The van der Waals surface area contributed by atoms with Gasteiger partial charge < -0.3 is 24.1 Å². The molecule has 0 aliphatic carbocycles. The van der Waals surface area contributed by atoms with Crippen molar-refractivity contribution in [2.45, 2.75) is 156 Å². The Bertz CT molecular complexity index is 2240. The number of rotatable bonds is 18. The van der Waals surface area contributed by atoms with Gasteiger partial charge in [0.1, 0.15) is 30.3 Å². The smallest absolute Gasteiger partial charge is 0.457 e. The Morgan fingerprint density at radius 1 is 0.955 bits per heavy atom. The number of Topliss-reactive ketones (excluding diaryl/α,β-unsaturated/α-hetero) is 1. The average molecular weight is 941 g/mol. The van der Waals surface area contributed by atoms with E-state index in [1.807, 2.05) is 39.0 Å². The molecule has 3 heterocycles. The van der Waals surface area contributed by atoms with Gasteiger partial charge in [-0.1, -0.05) is 81.4 Å². The zero-order valence-corrected chi connectivity index (χ0v) is 40.6. The first-order chi connectivity index (χ1) is 32.0. The van der Waals surface area contributed by atoms with Gasteiger partial charge in [0.25, 0.3) is 11.8 Å². The molecule has 0 bridgehead atoms. The lowest BCUT2D eigenvalue weighted by atomic mass is 9.71. The van der Waals surface area contributed by atoms with Gasteiger partial charge in [-0.25, -0.2) is 9.78 Å². The molecule has 2 amide bonds. The second kappa shape index (κ2) is 25.6. The van der Waals surface area contributed by atoms with Crippen molar-refractivity contribution >= 4 is 57.2 Å². The first-order valence-electron chi connectivity index (χ1n) is 23.8. The largest absolute Gasteiger partial charge is 0.508 e. The van der Waals surface area contributed by atoms with Crippen LogP contribution in [-0.2, 0) is 44.8 Å². The molecule has 5 atom stereocenters. The Morgan fingerprint density at radius 2 is 1.63 bits per heavy atom. The van der Waals surface area contributed by atoms with E-state index in [9.17, 15) is 33.9 Å². The predicted molar refractivity (Wildman–Crippen MR) is 257 cm³/mol. The number of nitrogens with zero attached hydrogens (tertiary/aromatic N) is 2. The van der Waals surface area contributed by atoms with Crippen molar-refractivity contribution in [3.8, 4) is 5.75 Å². The lowest BCUT2D eigenvalue weighted by Crippen LogP contribution is -2.48. The van der Waals surface area contributed by atoms with Gasteiger partial charge in [-0.2, -0.15) is 0 Å². The monoisotopic (exact) mass is 940 g/mol. The number of hydrogen-bond acceptors (Lipinski definition) is 13. The number of fused-ring (bicyclic) bond motifs is 1. The molecular formula is C53H68N2O11S. The average Bonchev–Trinajstić information content (AvgIpc) is 3.84. The maximum Gasteiger partial charge on any atom is 0.508 e. The fraction of sp³-hybridized carbons (Fsp3) is 0.528. The van der Waals surface area contributed by atoms with Gasteiger partial charge in [0.05, 0.1) is 33.2 Å². The highest BCUT2D eigenvalue weighted by Gasteiger charge is 2.46. The van der Waals surface area contributed by atoms with E-state index in [0.29, 0.717) is 37.1 Å².